The first-order valence-electron chi connectivity index (χ1n) is 7.82. The Kier molecular flexibility index (Phi) is 4.44. The van der Waals surface area contributed by atoms with Crippen molar-refractivity contribution >= 4 is 28.3 Å². The molecule has 6 nitrogen and oxygen atoms in total. The van der Waals surface area contributed by atoms with E-state index in [4.69, 9.17) is 5.73 Å². The number of hydrogen-bond donors (Lipinski definition) is 1. The zero-order chi connectivity index (χ0) is 15.7. The first kappa shape index (κ1) is 15.4. The molecule has 2 aliphatic rings. The average molecular weight is 322 g/mol. The van der Waals surface area contributed by atoms with E-state index in [0.29, 0.717) is 25.3 Å². The molecule has 0 aromatic carbocycles. The van der Waals surface area contributed by atoms with Crippen molar-refractivity contribution in [2.75, 3.05) is 24.5 Å². The van der Waals surface area contributed by atoms with E-state index in [0.717, 1.165) is 36.8 Å². The molecule has 2 saturated heterocycles. The van der Waals surface area contributed by atoms with Crippen LogP contribution in [0.25, 0.3) is 0 Å². The Balaban J connectivity index is 1.63. The molecule has 0 bridgehead atoms. The van der Waals surface area contributed by atoms with Gasteiger partial charge in [0.15, 0.2) is 5.13 Å². The van der Waals surface area contributed by atoms with Crippen molar-refractivity contribution < 1.29 is 9.59 Å². The third-order valence-electron chi connectivity index (χ3n) is 4.49. The highest BCUT2D eigenvalue weighted by molar-refractivity contribution is 7.14. The minimum Gasteiger partial charge on any atom is -0.339 e. The Morgan fingerprint density at radius 2 is 2.36 bits per heavy atom. The van der Waals surface area contributed by atoms with Gasteiger partial charge in [0, 0.05) is 30.9 Å². The summed E-state index contributed by atoms with van der Waals surface area (Å²) in [6.45, 7) is 4.19. The lowest BCUT2D eigenvalue weighted by Gasteiger charge is -2.21. The summed E-state index contributed by atoms with van der Waals surface area (Å²) < 4.78 is 0. The summed E-state index contributed by atoms with van der Waals surface area (Å²) in [4.78, 5) is 32.3. The lowest BCUT2D eigenvalue weighted by Crippen LogP contribution is -2.35. The van der Waals surface area contributed by atoms with Crippen LogP contribution in [0.15, 0.2) is 5.38 Å². The van der Waals surface area contributed by atoms with Crippen molar-refractivity contribution in [1.29, 1.82) is 0 Å². The zero-order valence-electron chi connectivity index (χ0n) is 12.8. The fourth-order valence-electron chi connectivity index (χ4n) is 3.27. The monoisotopic (exact) mass is 322 g/mol. The van der Waals surface area contributed by atoms with Crippen molar-refractivity contribution in [1.82, 2.24) is 9.88 Å². The van der Waals surface area contributed by atoms with Gasteiger partial charge in [-0.25, -0.2) is 4.98 Å². The van der Waals surface area contributed by atoms with Crippen LogP contribution in [0.2, 0.25) is 0 Å². The second-order valence-electron chi connectivity index (χ2n) is 6.18. The van der Waals surface area contributed by atoms with Gasteiger partial charge >= 0.3 is 0 Å². The van der Waals surface area contributed by atoms with Crippen molar-refractivity contribution in [3.8, 4) is 0 Å². The second-order valence-corrected chi connectivity index (χ2v) is 7.02. The maximum atomic E-state index is 12.5. The molecule has 7 heteroatoms. The molecule has 2 amide bonds. The number of likely N-dealkylation sites (tertiary alicyclic amines) is 1. The Bertz CT molecular complexity index is 574. The lowest BCUT2D eigenvalue weighted by atomic mass is 10.1. The van der Waals surface area contributed by atoms with Gasteiger partial charge in [-0.05, 0) is 32.2 Å². The van der Waals surface area contributed by atoms with Gasteiger partial charge in [-0.1, -0.05) is 0 Å². The van der Waals surface area contributed by atoms with Crippen LogP contribution >= 0.6 is 11.3 Å². The molecular formula is C15H22N4O2S. The largest absolute Gasteiger partial charge is 0.339 e. The van der Waals surface area contributed by atoms with Gasteiger partial charge in [-0.15, -0.1) is 11.3 Å². The highest BCUT2D eigenvalue weighted by Crippen LogP contribution is 2.27. The van der Waals surface area contributed by atoms with Crippen molar-refractivity contribution in [3.63, 3.8) is 0 Å². The standard InChI is InChI=1S/C15H22N4O2S/c1-10-5-11(7-16)8-19(10)14(21)6-12-9-22-15(17-12)18-4-2-3-13(18)20/h9-11H,2-8,16H2,1H3. The number of nitrogens with zero attached hydrogens (tertiary/aromatic N) is 3. The molecule has 2 atom stereocenters. The van der Waals surface area contributed by atoms with Crippen LogP contribution in [0.3, 0.4) is 0 Å². The SMILES string of the molecule is CC1CC(CN)CN1C(=O)Cc1csc(N2CCCC2=O)n1. The third kappa shape index (κ3) is 3.01. The van der Waals surface area contributed by atoms with Gasteiger partial charge in [0.1, 0.15) is 0 Å². The van der Waals surface area contributed by atoms with Gasteiger partial charge in [0.05, 0.1) is 12.1 Å². The number of anilines is 1. The highest BCUT2D eigenvalue weighted by Gasteiger charge is 2.32. The van der Waals surface area contributed by atoms with Gasteiger partial charge in [0.2, 0.25) is 11.8 Å². The van der Waals surface area contributed by atoms with Gasteiger partial charge in [-0.2, -0.15) is 0 Å². The number of aromatic nitrogens is 1. The maximum absolute atomic E-state index is 12.5. The van der Waals surface area contributed by atoms with E-state index in [2.05, 4.69) is 11.9 Å². The molecule has 120 valence electrons. The van der Waals surface area contributed by atoms with Crippen LogP contribution in [0.5, 0.6) is 0 Å². The van der Waals surface area contributed by atoms with E-state index in [1.54, 1.807) is 4.90 Å². The van der Waals surface area contributed by atoms with Crippen LogP contribution in [0.4, 0.5) is 5.13 Å². The third-order valence-corrected chi connectivity index (χ3v) is 5.40. The smallest absolute Gasteiger partial charge is 0.228 e. The molecular weight excluding hydrogens is 300 g/mol. The summed E-state index contributed by atoms with van der Waals surface area (Å²) in [5.74, 6) is 0.645. The molecule has 2 fully saturated rings. The van der Waals surface area contributed by atoms with Crippen LogP contribution in [0.1, 0.15) is 31.9 Å². The van der Waals surface area contributed by atoms with E-state index in [1.165, 1.54) is 11.3 Å². The van der Waals surface area contributed by atoms with Crippen LogP contribution in [0, 0.1) is 5.92 Å². The molecule has 1 aromatic heterocycles. The zero-order valence-corrected chi connectivity index (χ0v) is 13.6. The summed E-state index contributed by atoms with van der Waals surface area (Å²) in [6.07, 6.45) is 2.77. The Morgan fingerprint density at radius 1 is 1.55 bits per heavy atom. The van der Waals surface area contributed by atoms with Crippen LogP contribution in [-0.2, 0) is 16.0 Å². The van der Waals surface area contributed by atoms with Crippen molar-refractivity contribution in [2.24, 2.45) is 11.7 Å². The number of rotatable bonds is 4. The quantitative estimate of drug-likeness (QED) is 0.897. The molecule has 2 aliphatic heterocycles. The number of carbonyl (C=O) groups is 2. The minimum absolute atomic E-state index is 0.105. The first-order chi connectivity index (χ1) is 10.6. The summed E-state index contributed by atoms with van der Waals surface area (Å²) in [5, 5.41) is 2.61. The fraction of sp³-hybridized carbons (Fsp3) is 0.667. The average Bonchev–Trinajstić information content (AvgIpc) is 3.18. The molecule has 3 rings (SSSR count). The Labute approximate surface area is 134 Å². The molecule has 0 spiro atoms. The molecule has 3 heterocycles. The summed E-state index contributed by atoms with van der Waals surface area (Å²) in [7, 11) is 0. The normalized spacial score (nSPS) is 25.3. The van der Waals surface area contributed by atoms with Gasteiger partial charge in [-0.3, -0.25) is 14.5 Å². The highest BCUT2D eigenvalue weighted by atomic mass is 32.1. The molecule has 2 N–H and O–H groups in total. The minimum atomic E-state index is 0.105. The van der Waals surface area contributed by atoms with Crippen LogP contribution in [-0.4, -0.2) is 47.4 Å². The fourth-order valence-corrected chi connectivity index (χ4v) is 4.14. The lowest BCUT2D eigenvalue weighted by molar-refractivity contribution is -0.131. The van der Waals surface area contributed by atoms with Crippen LogP contribution < -0.4 is 10.6 Å². The number of nitrogens with two attached hydrogens (primary N) is 1. The second kappa shape index (κ2) is 6.34. The predicted molar refractivity (Wildman–Crippen MR) is 85.7 cm³/mol. The molecule has 0 saturated carbocycles. The predicted octanol–water partition coefficient (Wildman–Crippen LogP) is 1.01. The van der Waals surface area contributed by atoms with Crippen molar-refractivity contribution in [3.05, 3.63) is 11.1 Å². The number of amides is 2. The summed E-state index contributed by atoms with van der Waals surface area (Å²) in [5.41, 5.74) is 6.47. The summed E-state index contributed by atoms with van der Waals surface area (Å²) >= 11 is 1.44. The number of hydrogen-bond acceptors (Lipinski definition) is 5. The van der Waals surface area contributed by atoms with E-state index in [9.17, 15) is 9.59 Å². The van der Waals surface area contributed by atoms with Gasteiger partial charge < -0.3 is 10.6 Å². The Morgan fingerprint density at radius 3 is 3.00 bits per heavy atom. The van der Waals surface area contributed by atoms with E-state index in [1.807, 2.05) is 10.3 Å². The first-order valence-corrected chi connectivity index (χ1v) is 8.70. The molecule has 22 heavy (non-hydrogen) atoms. The molecule has 0 radical (unpaired) electrons. The van der Waals surface area contributed by atoms with E-state index in [-0.39, 0.29) is 17.9 Å². The summed E-state index contributed by atoms with van der Waals surface area (Å²) in [6, 6.07) is 0.249. The molecule has 1 aromatic rings. The number of carbonyl (C=O) groups excluding carboxylic acids is 2. The number of thiazole rings is 1. The van der Waals surface area contributed by atoms with Gasteiger partial charge in [0.25, 0.3) is 0 Å². The van der Waals surface area contributed by atoms with E-state index < -0.39 is 0 Å². The topological polar surface area (TPSA) is 79.5 Å². The Hall–Kier alpha value is -1.47. The maximum Gasteiger partial charge on any atom is 0.228 e. The molecule has 0 aliphatic carbocycles. The van der Waals surface area contributed by atoms with E-state index >= 15 is 0 Å². The molecule has 2 unspecified atom stereocenters. The van der Waals surface area contributed by atoms with Crippen molar-refractivity contribution in [2.45, 2.75) is 38.6 Å².